The fraction of sp³-hybridized carbons (Fsp3) is 0.647. The van der Waals surface area contributed by atoms with Crippen LogP contribution in [0.4, 0.5) is 0 Å². The minimum Gasteiger partial charge on any atom is -0.0654 e. The lowest BCUT2D eigenvalue weighted by Gasteiger charge is -2.35. The minimum atomic E-state index is 0.202. The van der Waals surface area contributed by atoms with E-state index in [2.05, 4.69) is 77.9 Å². The van der Waals surface area contributed by atoms with E-state index in [1.54, 1.807) is 16.7 Å². The number of benzene rings is 2. The first-order valence-electron chi connectivity index (χ1n) is 14.7. The second-order valence-corrected chi connectivity index (χ2v) is 11.5. The summed E-state index contributed by atoms with van der Waals surface area (Å²) in [4.78, 5) is 0. The van der Waals surface area contributed by atoms with E-state index in [1.165, 1.54) is 107 Å². The van der Waals surface area contributed by atoms with Crippen molar-refractivity contribution in [3.05, 3.63) is 58.7 Å². The molecule has 0 aromatic heterocycles. The maximum absolute atomic E-state index is 2.66. The van der Waals surface area contributed by atoms with E-state index in [0.717, 1.165) is 0 Å². The van der Waals surface area contributed by atoms with Crippen LogP contribution in [-0.4, -0.2) is 0 Å². The summed E-state index contributed by atoms with van der Waals surface area (Å²) >= 11 is 0. The van der Waals surface area contributed by atoms with Gasteiger partial charge in [0.2, 0.25) is 0 Å². The molecule has 0 fully saturated rings. The molecule has 1 unspecified atom stereocenters. The predicted octanol–water partition coefficient (Wildman–Crippen LogP) is 11.1. The van der Waals surface area contributed by atoms with Gasteiger partial charge in [0.1, 0.15) is 0 Å². The van der Waals surface area contributed by atoms with Gasteiger partial charge in [-0.15, -0.1) is 0 Å². The van der Waals surface area contributed by atoms with Crippen LogP contribution in [0.5, 0.6) is 0 Å². The Kier molecular flexibility index (Phi) is 9.87. The second kappa shape index (κ2) is 12.4. The molecule has 0 N–H and O–H groups in total. The first-order chi connectivity index (χ1) is 16.5. The quantitative estimate of drug-likeness (QED) is 0.232. The van der Waals surface area contributed by atoms with Crippen LogP contribution in [0, 0.1) is 6.92 Å². The predicted molar refractivity (Wildman–Crippen MR) is 152 cm³/mol. The Hall–Kier alpha value is -1.56. The fourth-order valence-corrected chi connectivity index (χ4v) is 6.37. The lowest BCUT2D eigenvalue weighted by Crippen LogP contribution is -2.27. The Morgan fingerprint density at radius 3 is 1.71 bits per heavy atom. The van der Waals surface area contributed by atoms with Gasteiger partial charge >= 0.3 is 0 Å². The summed E-state index contributed by atoms with van der Waals surface area (Å²) < 4.78 is 0. The third-order valence-electron chi connectivity index (χ3n) is 9.19. The molecule has 34 heavy (non-hydrogen) atoms. The second-order valence-electron chi connectivity index (χ2n) is 11.5. The molecule has 1 aliphatic rings. The monoisotopic (exact) mass is 460 g/mol. The molecule has 1 aliphatic carbocycles. The molecule has 0 heteroatoms. The Balaban J connectivity index is 2.04. The average molecular weight is 461 g/mol. The van der Waals surface area contributed by atoms with Gasteiger partial charge in [0.05, 0.1) is 0 Å². The van der Waals surface area contributed by atoms with Crippen molar-refractivity contribution in [2.24, 2.45) is 0 Å². The van der Waals surface area contributed by atoms with E-state index in [1.807, 2.05) is 0 Å². The number of rotatable bonds is 15. The summed E-state index contributed by atoms with van der Waals surface area (Å²) in [6.45, 7) is 14.1. The lowest BCUT2D eigenvalue weighted by molar-refractivity contribution is 0.396. The van der Waals surface area contributed by atoms with Crippen molar-refractivity contribution in [2.45, 2.75) is 142 Å². The van der Waals surface area contributed by atoms with Gasteiger partial charge in [-0.05, 0) is 65.8 Å². The summed E-state index contributed by atoms with van der Waals surface area (Å²) in [6, 6.07) is 14.9. The van der Waals surface area contributed by atoms with E-state index in [4.69, 9.17) is 0 Å². The molecule has 0 spiro atoms. The van der Waals surface area contributed by atoms with E-state index >= 15 is 0 Å². The van der Waals surface area contributed by atoms with Crippen LogP contribution < -0.4 is 0 Å². The molecule has 188 valence electrons. The van der Waals surface area contributed by atoms with Crippen molar-refractivity contribution in [2.75, 3.05) is 0 Å². The molecule has 0 bridgehead atoms. The Bertz CT molecular complexity index is 900. The molecular weight excluding hydrogens is 408 g/mol. The van der Waals surface area contributed by atoms with Crippen molar-refractivity contribution < 1.29 is 0 Å². The van der Waals surface area contributed by atoms with Crippen LogP contribution in [0.15, 0.2) is 36.4 Å². The SMILES string of the molecule is CCCCCCCCC1(CCCCCC)c2cc(C)ccc2-c2ccc(C(C)(CC)CC)cc21. The van der Waals surface area contributed by atoms with Gasteiger partial charge in [-0.25, -0.2) is 0 Å². The highest BCUT2D eigenvalue weighted by molar-refractivity contribution is 5.82. The lowest BCUT2D eigenvalue weighted by atomic mass is 9.68. The highest BCUT2D eigenvalue weighted by Crippen LogP contribution is 2.55. The Labute approximate surface area is 212 Å². The van der Waals surface area contributed by atoms with E-state index in [-0.39, 0.29) is 10.8 Å². The van der Waals surface area contributed by atoms with E-state index in [0.29, 0.717) is 0 Å². The van der Waals surface area contributed by atoms with Gasteiger partial charge in [0, 0.05) is 5.41 Å². The molecule has 0 nitrogen and oxygen atoms in total. The number of aryl methyl sites for hydroxylation is 1. The van der Waals surface area contributed by atoms with Crippen molar-refractivity contribution >= 4 is 0 Å². The van der Waals surface area contributed by atoms with Crippen LogP contribution in [0.3, 0.4) is 0 Å². The van der Waals surface area contributed by atoms with Gasteiger partial charge in [-0.1, -0.05) is 141 Å². The van der Waals surface area contributed by atoms with Crippen molar-refractivity contribution in [1.29, 1.82) is 0 Å². The molecular formula is C34H52. The standard InChI is InChI=1S/C34H52/c1-7-11-13-15-16-18-24-34(23-17-14-12-8-2)31-25-27(5)19-21-29(31)30-22-20-28(26-32(30)34)33(6,9-3)10-4/h19-22,25-26H,7-18,23-24H2,1-6H3. The Morgan fingerprint density at radius 2 is 1.12 bits per heavy atom. The molecule has 0 amide bonds. The van der Waals surface area contributed by atoms with Crippen LogP contribution in [0.1, 0.15) is 147 Å². The van der Waals surface area contributed by atoms with Crippen LogP contribution in [0.25, 0.3) is 11.1 Å². The molecule has 0 saturated carbocycles. The summed E-state index contributed by atoms with van der Waals surface area (Å²) in [6.07, 6.45) is 18.7. The smallest absolute Gasteiger partial charge is 0.0215 e. The van der Waals surface area contributed by atoms with Crippen molar-refractivity contribution in [3.8, 4) is 11.1 Å². The van der Waals surface area contributed by atoms with Crippen molar-refractivity contribution in [3.63, 3.8) is 0 Å². The van der Waals surface area contributed by atoms with E-state index < -0.39 is 0 Å². The first-order valence-corrected chi connectivity index (χ1v) is 14.7. The molecule has 0 saturated heterocycles. The molecule has 0 radical (unpaired) electrons. The van der Waals surface area contributed by atoms with Crippen LogP contribution >= 0.6 is 0 Å². The van der Waals surface area contributed by atoms with Gasteiger partial charge in [-0.3, -0.25) is 0 Å². The molecule has 2 aromatic rings. The average Bonchev–Trinajstić information content (AvgIpc) is 3.12. The third kappa shape index (κ3) is 5.63. The number of fused-ring (bicyclic) bond motifs is 3. The minimum absolute atomic E-state index is 0.202. The van der Waals surface area contributed by atoms with Gasteiger partial charge in [0.25, 0.3) is 0 Å². The van der Waals surface area contributed by atoms with Crippen LogP contribution in [0.2, 0.25) is 0 Å². The molecule has 0 aliphatic heterocycles. The summed E-state index contributed by atoms with van der Waals surface area (Å²) in [5, 5.41) is 0. The molecule has 3 rings (SSSR count). The van der Waals surface area contributed by atoms with Crippen LogP contribution in [-0.2, 0) is 10.8 Å². The fourth-order valence-electron chi connectivity index (χ4n) is 6.37. The summed E-state index contributed by atoms with van der Waals surface area (Å²) in [5.41, 5.74) is 9.78. The third-order valence-corrected chi connectivity index (χ3v) is 9.19. The van der Waals surface area contributed by atoms with Crippen molar-refractivity contribution in [1.82, 2.24) is 0 Å². The van der Waals surface area contributed by atoms with E-state index in [9.17, 15) is 0 Å². The number of hydrogen-bond donors (Lipinski definition) is 0. The van der Waals surface area contributed by atoms with Gasteiger partial charge in [0.15, 0.2) is 0 Å². The zero-order chi connectivity index (χ0) is 24.6. The Morgan fingerprint density at radius 1 is 0.618 bits per heavy atom. The normalized spacial score (nSPS) is 17.1. The molecule has 0 heterocycles. The zero-order valence-electron chi connectivity index (χ0n) is 23.4. The molecule has 2 aromatic carbocycles. The molecule has 1 atom stereocenters. The maximum atomic E-state index is 2.66. The topological polar surface area (TPSA) is 0 Å². The van der Waals surface area contributed by atoms with Gasteiger partial charge in [-0.2, -0.15) is 0 Å². The number of unbranched alkanes of at least 4 members (excludes halogenated alkanes) is 8. The first kappa shape index (κ1) is 27.0. The highest BCUT2D eigenvalue weighted by atomic mass is 14.5. The van der Waals surface area contributed by atoms with Gasteiger partial charge < -0.3 is 0 Å². The summed E-state index contributed by atoms with van der Waals surface area (Å²) in [7, 11) is 0. The number of hydrogen-bond acceptors (Lipinski definition) is 0. The highest BCUT2D eigenvalue weighted by Gasteiger charge is 2.43. The summed E-state index contributed by atoms with van der Waals surface area (Å²) in [5.74, 6) is 0. The maximum Gasteiger partial charge on any atom is 0.0215 e. The zero-order valence-corrected chi connectivity index (χ0v) is 23.4. The largest absolute Gasteiger partial charge is 0.0654 e.